The Morgan fingerprint density at radius 1 is 1.43 bits per heavy atom. The molecule has 1 aromatic heterocycles. The molecule has 0 fully saturated rings. The summed E-state index contributed by atoms with van der Waals surface area (Å²) in [6.45, 7) is 1.71. The SMILES string of the molecule is Cc1cc(-c2[nH]ncc2N)ccc1F. The largest absolute Gasteiger partial charge is 0.396 e. The van der Waals surface area contributed by atoms with E-state index in [9.17, 15) is 4.39 Å². The standard InChI is InChI=1S/C10H10FN3/c1-6-4-7(2-3-8(6)11)10-9(12)5-13-14-10/h2-5H,12H2,1H3,(H,13,14). The molecule has 0 spiro atoms. The van der Waals surface area contributed by atoms with Gasteiger partial charge in [-0.2, -0.15) is 5.10 Å². The number of halogens is 1. The Hall–Kier alpha value is -1.84. The molecule has 0 aliphatic heterocycles. The first-order valence-electron chi connectivity index (χ1n) is 4.24. The third-order valence-electron chi connectivity index (χ3n) is 2.12. The minimum Gasteiger partial charge on any atom is -0.396 e. The molecular weight excluding hydrogens is 181 g/mol. The second-order valence-corrected chi connectivity index (χ2v) is 3.16. The normalized spacial score (nSPS) is 10.4. The van der Waals surface area contributed by atoms with Crippen molar-refractivity contribution in [3.63, 3.8) is 0 Å². The van der Waals surface area contributed by atoms with Gasteiger partial charge in [0.1, 0.15) is 5.82 Å². The van der Waals surface area contributed by atoms with Gasteiger partial charge in [-0.15, -0.1) is 0 Å². The summed E-state index contributed by atoms with van der Waals surface area (Å²) in [5, 5.41) is 6.58. The molecule has 0 bridgehead atoms. The van der Waals surface area contributed by atoms with Crippen LogP contribution in [-0.2, 0) is 0 Å². The zero-order valence-corrected chi connectivity index (χ0v) is 7.71. The lowest BCUT2D eigenvalue weighted by Crippen LogP contribution is -1.89. The number of nitrogen functional groups attached to an aromatic ring is 1. The van der Waals surface area contributed by atoms with Gasteiger partial charge in [0.15, 0.2) is 0 Å². The number of aromatic nitrogens is 2. The van der Waals surface area contributed by atoms with E-state index in [1.54, 1.807) is 19.1 Å². The first-order chi connectivity index (χ1) is 6.68. The third-order valence-corrected chi connectivity index (χ3v) is 2.12. The van der Waals surface area contributed by atoms with Crippen molar-refractivity contribution in [1.82, 2.24) is 10.2 Å². The molecule has 3 nitrogen and oxygen atoms in total. The van der Waals surface area contributed by atoms with Crippen LogP contribution in [0.5, 0.6) is 0 Å². The van der Waals surface area contributed by atoms with E-state index in [1.807, 2.05) is 0 Å². The minimum atomic E-state index is -0.216. The molecule has 2 aromatic rings. The number of nitrogens with two attached hydrogens (primary N) is 1. The van der Waals surface area contributed by atoms with Gasteiger partial charge < -0.3 is 5.73 Å². The molecule has 0 saturated heterocycles. The van der Waals surface area contributed by atoms with Gasteiger partial charge in [0.25, 0.3) is 0 Å². The number of aromatic amines is 1. The van der Waals surface area contributed by atoms with Crippen LogP contribution in [0.2, 0.25) is 0 Å². The number of aryl methyl sites for hydroxylation is 1. The van der Waals surface area contributed by atoms with Crippen molar-refractivity contribution in [2.24, 2.45) is 0 Å². The van der Waals surface area contributed by atoms with Gasteiger partial charge in [-0.25, -0.2) is 4.39 Å². The Balaban J connectivity index is 2.53. The Labute approximate surface area is 80.8 Å². The Bertz CT molecular complexity index is 462. The average Bonchev–Trinajstić information content (AvgIpc) is 2.57. The van der Waals surface area contributed by atoms with Crippen molar-refractivity contribution in [2.45, 2.75) is 6.92 Å². The molecule has 0 saturated carbocycles. The highest BCUT2D eigenvalue weighted by Gasteiger charge is 2.06. The zero-order valence-electron chi connectivity index (χ0n) is 7.71. The maximum atomic E-state index is 13.0. The lowest BCUT2D eigenvalue weighted by Gasteiger charge is -2.01. The molecule has 1 heterocycles. The van der Waals surface area contributed by atoms with Crippen molar-refractivity contribution in [1.29, 1.82) is 0 Å². The van der Waals surface area contributed by atoms with E-state index in [2.05, 4.69) is 10.2 Å². The predicted octanol–water partition coefficient (Wildman–Crippen LogP) is 2.11. The summed E-state index contributed by atoms with van der Waals surface area (Å²) in [6.07, 6.45) is 1.54. The minimum absolute atomic E-state index is 0.216. The lowest BCUT2D eigenvalue weighted by molar-refractivity contribution is 0.619. The average molecular weight is 191 g/mol. The molecule has 14 heavy (non-hydrogen) atoms. The van der Waals surface area contributed by atoms with Crippen molar-refractivity contribution in [3.8, 4) is 11.3 Å². The van der Waals surface area contributed by atoms with E-state index in [0.717, 1.165) is 11.3 Å². The topological polar surface area (TPSA) is 54.7 Å². The molecule has 0 aliphatic carbocycles. The van der Waals surface area contributed by atoms with Gasteiger partial charge in [0.2, 0.25) is 0 Å². The number of nitrogens with one attached hydrogen (secondary N) is 1. The first-order valence-corrected chi connectivity index (χ1v) is 4.24. The Morgan fingerprint density at radius 2 is 2.21 bits per heavy atom. The summed E-state index contributed by atoms with van der Waals surface area (Å²) in [7, 11) is 0. The second kappa shape index (κ2) is 3.14. The molecule has 4 heteroatoms. The van der Waals surface area contributed by atoms with Gasteiger partial charge >= 0.3 is 0 Å². The number of benzene rings is 1. The molecule has 72 valence electrons. The van der Waals surface area contributed by atoms with Crippen LogP contribution in [0.4, 0.5) is 10.1 Å². The molecule has 0 atom stereocenters. The summed E-state index contributed by atoms with van der Waals surface area (Å²) < 4.78 is 13.0. The Kier molecular flexibility index (Phi) is 1.96. The zero-order chi connectivity index (χ0) is 10.1. The van der Waals surface area contributed by atoms with Crippen LogP contribution in [0.1, 0.15) is 5.56 Å². The molecule has 0 amide bonds. The van der Waals surface area contributed by atoms with Crippen molar-refractivity contribution >= 4 is 5.69 Å². The second-order valence-electron chi connectivity index (χ2n) is 3.16. The Morgan fingerprint density at radius 3 is 2.79 bits per heavy atom. The molecule has 1 aromatic carbocycles. The number of hydrogen-bond donors (Lipinski definition) is 2. The van der Waals surface area contributed by atoms with Gasteiger partial charge in [-0.3, -0.25) is 5.10 Å². The summed E-state index contributed by atoms with van der Waals surface area (Å²) in [6, 6.07) is 4.83. The van der Waals surface area contributed by atoms with Crippen LogP contribution < -0.4 is 5.73 Å². The molecule has 2 rings (SSSR count). The number of hydrogen-bond acceptors (Lipinski definition) is 2. The summed E-state index contributed by atoms with van der Waals surface area (Å²) in [4.78, 5) is 0. The fourth-order valence-electron chi connectivity index (χ4n) is 1.33. The highest BCUT2D eigenvalue weighted by molar-refractivity contribution is 5.72. The van der Waals surface area contributed by atoms with Crippen molar-refractivity contribution in [3.05, 3.63) is 35.8 Å². The number of nitrogens with zero attached hydrogens (tertiary/aromatic N) is 1. The van der Waals surface area contributed by atoms with E-state index in [0.29, 0.717) is 11.3 Å². The molecule has 0 unspecified atom stereocenters. The number of H-pyrrole nitrogens is 1. The smallest absolute Gasteiger partial charge is 0.126 e. The maximum absolute atomic E-state index is 13.0. The summed E-state index contributed by atoms with van der Waals surface area (Å²) >= 11 is 0. The van der Waals surface area contributed by atoms with Crippen LogP contribution in [0.15, 0.2) is 24.4 Å². The van der Waals surface area contributed by atoms with E-state index in [1.165, 1.54) is 12.3 Å². The molecule has 3 N–H and O–H groups in total. The van der Waals surface area contributed by atoms with E-state index in [-0.39, 0.29) is 5.82 Å². The monoisotopic (exact) mass is 191 g/mol. The third kappa shape index (κ3) is 1.35. The number of anilines is 1. The van der Waals surface area contributed by atoms with Gasteiger partial charge in [-0.1, -0.05) is 0 Å². The summed E-state index contributed by atoms with van der Waals surface area (Å²) in [5.41, 5.74) is 8.41. The van der Waals surface area contributed by atoms with E-state index < -0.39 is 0 Å². The molecular formula is C10H10FN3. The van der Waals surface area contributed by atoms with Gasteiger partial charge in [-0.05, 0) is 30.7 Å². The van der Waals surface area contributed by atoms with E-state index in [4.69, 9.17) is 5.73 Å². The summed E-state index contributed by atoms with van der Waals surface area (Å²) in [5.74, 6) is -0.216. The maximum Gasteiger partial charge on any atom is 0.126 e. The van der Waals surface area contributed by atoms with Crippen molar-refractivity contribution in [2.75, 3.05) is 5.73 Å². The van der Waals surface area contributed by atoms with Crippen LogP contribution in [0.3, 0.4) is 0 Å². The highest BCUT2D eigenvalue weighted by Crippen LogP contribution is 2.24. The number of rotatable bonds is 1. The molecule has 0 aliphatic rings. The van der Waals surface area contributed by atoms with Gasteiger partial charge in [0.05, 0.1) is 17.6 Å². The quantitative estimate of drug-likeness (QED) is 0.725. The predicted molar refractivity (Wildman–Crippen MR) is 53.1 cm³/mol. The fraction of sp³-hybridized carbons (Fsp3) is 0.100. The van der Waals surface area contributed by atoms with Crippen LogP contribution in [-0.4, -0.2) is 10.2 Å². The van der Waals surface area contributed by atoms with Crippen LogP contribution in [0, 0.1) is 12.7 Å². The van der Waals surface area contributed by atoms with Crippen LogP contribution >= 0.6 is 0 Å². The molecule has 0 radical (unpaired) electrons. The van der Waals surface area contributed by atoms with Crippen molar-refractivity contribution < 1.29 is 4.39 Å². The lowest BCUT2D eigenvalue weighted by atomic mass is 10.1. The van der Waals surface area contributed by atoms with E-state index >= 15 is 0 Å². The first kappa shape index (κ1) is 8.74. The fourth-order valence-corrected chi connectivity index (χ4v) is 1.33. The van der Waals surface area contributed by atoms with Gasteiger partial charge in [0, 0.05) is 5.56 Å². The highest BCUT2D eigenvalue weighted by atomic mass is 19.1. The van der Waals surface area contributed by atoms with Crippen LogP contribution in [0.25, 0.3) is 11.3 Å².